The van der Waals surface area contributed by atoms with Crippen molar-refractivity contribution in [3.05, 3.63) is 65.0 Å². The van der Waals surface area contributed by atoms with E-state index in [0.717, 1.165) is 27.8 Å². The van der Waals surface area contributed by atoms with Gasteiger partial charge in [0.1, 0.15) is 21.8 Å². The number of benzene rings is 2. The maximum Gasteiger partial charge on any atom is 0.419 e. The molecule has 0 fully saturated rings. The number of hydrogen-bond donors (Lipinski definition) is 1. The summed E-state index contributed by atoms with van der Waals surface area (Å²) >= 11 is 1.40. The Morgan fingerprint density at radius 3 is 2.42 bits per heavy atom. The summed E-state index contributed by atoms with van der Waals surface area (Å²) in [5.41, 5.74) is -0.266. The molecule has 0 aliphatic heterocycles. The summed E-state index contributed by atoms with van der Waals surface area (Å²) in [6.45, 7) is 5.66. The number of nitrogens with zero attached hydrogens (tertiary/aromatic N) is 1. The second-order valence-corrected chi connectivity index (χ2v) is 9.00. The second kappa shape index (κ2) is 11.1. The van der Waals surface area contributed by atoms with Crippen LogP contribution < -0.4 is 4.31 Å². The van der Waals surface area contributed by atoms with Gasteiger partial charge in [0, 0.05) is 17.1 Å². The average molecular weight is 476 g/mol. The van der Waals surface area contributed by atoms with Crippen LogP contribution in [0.3, 0.4) is 0 Å². The van der Waals surface area contributed by atoms with Crippen molar-refractivity contribution in [3.63, 3.8) is 0 Å². The molecule has 1 aromatic heterocycles. The molecular weight excluding hydrogens is 450 g/mol. The smallest absolute Gasteiger partial charge is 0.396 e. The van der Waals surface area contributed by atoms with E-state index in [9.17, 15) is 21.8 Å². The lowest BCUT2D eigenvalue weighted by atomic mass is 10.1. The first kappa shape index (κ1) is 25.3. The Balaban J connectivity index is 0.00000166. The highest BCUT2D eigenvalue weighted by molar-refractivity contribution is 7.86. The van der Waals surface area contributed by atoms with Crippen LogP contribution in [0.4, 0.5) is 22.6 Å². The minimum absolute atomic E-state index is 0.0743. The molecule has 1 atom stereocenters. The van der Waals surface area contributed by atoms with E-state index in [0.29, 0.717) is 11.4 Å². The van der Waals surface area contributed by atoms with Gasteiger partial charge in [-0.3, -0.25) is 4.31 Å². The monoisotopic (exact) mass is 475 g/mol. The summed E-state index contributed by atoms with van der Waals surface area (Å²) in [5.74, 6) is -1.18. The predicted octanol–water partition coefficient (Wildman–Crippen LogP) is 6.45. The van der Waals surface area contributed by atoms with Crippen LogP contribution in [-0.2, 0) is 23.7 Å². The summed E-state index contributed by atoms with van der Waals surface area (Å²) in [4.78, 5) is 0. The van der Waals surface area contributed by atoms with E-state index in [-0.39, 0.29) is 24.5 Å². The molecule has 2 aromatic carbocycles. The van der Waals surface area contributed by atoms with E-state index < -0.39 is 28.5 Å². The van der Waals surface area contributed by atoms with Crippen molar-refractivity contribution >= 4 is 37.4 Å². The summed E-state index contributed by atoms with van der Waals surface area (Å²) in [5, 5.41) is 10.7. The van der Waals surface area contributed by atoms with E-state index in [1.54, 1.807) is 0 Å². The van der Waals surface area contributed by atoms with E-state index in [1.807, 2.05) is 45.0 Å². The summed E-state index contributed by atoms with van der Waals surface area (Å²) in [6.07, 6.45) is -4.52. The van der Waals surface area contributed by atoms with Gasteiger partial charge in [0.2, 0.25) is 0 Å². The summed E-state index contributed by atoms with van der Waals surface area (Å²) in [6, 6.07) is 10.4. The first-order valence-corrected chi connectivity index (χ1v) is 11.9. The summed E-state index contributed by atoms with van der Waals surface area (Å²) < 4.78 is 68.3. The van der Waals surface area contributed by atoms with Gasteiger partial charge in [0.05, 0.1) is 12.1 Å². The van der Waals surface area contributed by atoms with Crippen molar-refractivity contribution in [2.24, 2.45) is 0 Å². The largest absolute Gasteiger partial charge is 0.419 e. The molecule has 1 unspecified atom stereocenters. The minimum atomic E-state index is -4.81. The van der Waals surface area contributed by atoms with Gasteiger partial charge in [-0.25, -0.2) is 8.60 Å². The number of alkyl halides is 3. The van der Waals surface area contributed by atoms with Crippen LogP contribution in [0.15, 0.2) is 42.5 Å². The Kier molecular flexibility index (Phi) is 9.02. The normalized spacial score (nSPS) is 12.4. The average Bonchev–Trinajstić information content (AvgIpc) is 3.08. The minimum Gasteiger partial charge on any atom is -0.396 e. The third kappa shape index (κ3) is 6.05. The van der Waals surface area contributed by atoms with Gasteiger partial charge >= 0.3 is 6.18 Å². The van der Waals surface area contributed by atoms with Gasteiger partial charge in [0.15, 0.2) is 0 Å². The highest BCUT2D eigenvalue weighted by Crippen LogP contribution is 2.39. The lowest BCUT2D eigenvalue weighted by Crippen LogP contribution is -2.27. The topological polar surface area (TPSA) is 40.5 Å². The third-order valence-corrected chi connectivity index (χ3v) is 7.28. The second-order valence-electron chi connectivity index (χ2n) is 6.48. The Bertz CT molecular complexity index is 1030. The van der Waals surface area contributed by atoms with Crippen LogP contribution in [0.1, 0.15) is 37.0 Å². The molecule has 31 heavy (non-hydrogen) atoms. The van der Waals surface area contributed by atoms with Crippen molar-refractivity contribution in [1.29, 1.82) is 0 Å². The lowest BCUT2D eigenvalue weighted by Gasteiger charge is -2.23. The molecule has 0 aliphatic carbocycles. The molecule has 0 amide bonds. The zero-order valence-electron chi connectivity index (χ0n) is 17.5. The molecule has 3 aromatic rings. The van der Waals surface area contributed by atoms with Crippen molar-refractivity contribution in [2.75, 3.05) is 16.7 Å². The number of aliphatic hydroxyl groups is 1. The van der Waals surface area contributed by atoms with Crippen LogP contribution in [0.5, 0.6) is 0 Å². The van der Waals surface area contributed by atoms with Gasteiger partial charge in [0.25, 0.3) is 0 Å². The molecular formula is C22H25F4NO2S2. The standard InChI is InChI=1S/C20H19F4NO2S2.C2H6/c1-13-15-5-2-3-6-18(15)28-19(13)25(29(27)10-4-9-26)12-14-7-8-17(21)16(11-14)20(22,23)24;1-2/h2-3,5-8,11,26H,4,9-10,12H2,1H3;1-2H3. The number of thiophene rings is 1. The fourth-order valence-electron chi connectivity index (χ4n) is 2.99. The number of aryl methyl sites for hydroxylation is 1. The van der Waals surface area contributed by atoms with Crippen LogP contribution in [0.25, 0.3) is 10.1 Å². The zero-order chi connectivity index (χ0) is 23.2. The number of aliphatic hydroxyl groups excluding tert-OH is 1. The summed E-state index contributed by atoms with van der Waals surface area (Å²) in [7, 11) is -1.57. The van der Waals surface area contributed by atoms with Gasteiger partial charge in [-0.15, -0.1) is 11.3 Å². The molecule has 1 N–H and O–H groups in total. The zero-order valence-corrected chi connectivity index (χ0v) is 19.1. The maximum absolute atomic E-state index is 13.6. The molecule has 170 valence electrons. The number of halogens is 4. The predicted molar refractivity (Wildman–Crippen MR) is 120 cm³/mol. The van der Waals surface area contributed by atoms with Gasteiger partial charge in [-0.1, -0.05) is 38.1 Å². The third-order valence-electron chi connectivity index (χ3n) is 4.43. The Hall–Kier alpha value is -1.97. The van der Waals surface area contributed by atoms with Gasteiger partial charge in [-0.05, 0) is 48.1 Å². The van der Waals surface area contributed by atoms with Crippen LogP contribution in [-0.4, -0.2) is 21.7 Å². The maximum atomic E-state index is 13.6. The highest BCUT2D eigenvalue weighted by Gasteiger charge is 2.34. The lowest BCUT2D eigenvalue weighted by molar-refractivity contribution is -0.140. The molecule has 3 nitrogen and oxygen atoms in total. The molecule has 3 rings (SSSR count). The Morgan fingerprint density at radius 2 is 1.81 bits per heavy atom. The van der Waals surface area contributed by atoms with Crippen molar-refractivity contribution < 1.29 is 26.9 Å². The van der Waals surface area contributed by atoms with E-state index in [2.05, 4.69) is 0 Å². The Labute approximate surface area is 185 Å². The van der Waals surface area contributed by atoms with E-state index in [1.165, 1.54) is 21.7 Å². The highest BCUT2D eigenvalue weighted by atomic mass is 32.2. The fraction of sp³-hybridized carbons (Fsp3) is 0.364. The molecule has 0 saturated heterocycles. The fourth-order valence-corrected chi connectivity index (χ4v) is 5.68. The molecule has 0 radical (unpaired) electrons. The number of anilines is 1. The molecule has 0 saturated carbocycles. The Morgan fingerprint density at radius 1 is 1.13 bits per heavy atom. The van der Waals surface area contributed by atoms with Gasteiger partial charge < -0.3 is 5.11 Å². The van der Waals surface area contributed by atoms with Crippen molar-refractivity contribution in [1.82, 2.24) is 0 Å². The first-order valence-electron chi connectivity index (χ1n) is 9.83. The molecule has 0 bridgehead atoms. The van der Waals surface area contributed by atoms with E-state index in [4.69, 9.17) is 5.11 Å². The quantitative estimate of drug-likeness (QED) is 0.399. The van der Waals surface area contributed by atoms with E-state index >= 15 is 0 Å². The van der Waals surface area contributed by atoms with Crippen LogP contribution in [0, 0.1) is 12.7 Å². The first-order chi connectivity index (χ1) is 14.7. The SMILES string of the molecule is CC.Cc1c(N(Cc2ccc(F)c(C(F)(F)F)c2)S(=O)CCCO)sc2ccccc12. The molecule has 1 heterocycles. The molecule has 0 aliphatic rings. The number of fused-ring (bicyclic) bond motifs is 1. The van der Waals surface area contributed by atoms with Crippen molar-refractivity contribution in [2.45, 2.75) is 39.9 Å². The number of rotatable bonds is 7. The van der Waals surface area contributed by atoms with Crippen LogP contribution in [0.2, 0.25) is 0 Å². The molecule has 9 heteroatoms. The van der Waals surface area contributed by atoms with Gasteiger partial charge in [-0.2, -0.15) is 13.2 Å². The van der Waals surface area contributed by atoms with Crippen LogP contribution >= 0.6 is 11.3 Å². The molecule has 0 spiro atoms. The number of hydrogen-bond acceptors (Lipinski definition) is 3. The van der Waals surface area contributed by atoms with Crippen molar-refractivity contribution in [3.8, 4) is 0 Å².